The zero-order valence-corrected chi connectivity index (χ0v) is 13.7. The maximum atomic E-state index is 12.6. The van der Waals surface area contributed by atoms with Crippen molar-refractivity contribution in [1.82, 2.24) is 14.1 Å². The van der Waals surface area contributed by atoms with Gasteiger partial charge in [0.15, 0.2) is 0 Å². The van der Waals surface area contributed by atoms with E-state index in [1.807, 2.05) is 20.8 Å². The Kier molecular flexibility index (Phi) is 4.78. The first-order chi connectivity index (χ1) is 10.8. The Morgan fingerprint density at radius 2 is 1.83 bits per heavy atom. The zero-order valence-electron chi connectivity index (χ0n) is 13.7. The van der Waals surface area contributed by atoms with Crippen molar-refractivity contribution in [3.63, 3.8) is 0 Å². The SMILES string of the molecule is CC(=O)n1c(NCC(C)C)nc(=O)n(-c2ccc(C)cc2)c1=O. The highest BCUT2D eigenvalue weighted by Crippen LogP contribution is 2.06. The normalized spacial score (nSPS) is 10.8. The molecule has 0 atom stereocenters. The van der Waals surface area contributed by atoms with E-state index in [1.165, 1.54) is 6.92 Å². The van der Waals surface area contributed by atoms with Gasteiger partial charge in [0.1, 0.15) is 0 Å². The lowest BCUT2D eigenvalue weighted by Gasteiger charge is -2.14. The molecule has 0 aliphatic heterocycles. The van der Waals surface area contributed by atoms with Crippen LogP contribution in [0.4, 0.5) is 5.95 Å². The minimum Gasteiger partial charge on any atom is -0.355 e. The Morgan fingerprint density at radius 3 is 2.35 bits per heavy atom. The summed E-state index contributed by atoms with van der Waals surface area (Å²) < 4.78 is 1.77. The van der Waals surface area contributed by atoms with Crippen molar-refractivity contribution in [3.05, 3.63) is 50.8 Å². The monoisotopic (exact) mass is 316 g/mol. The largest absolute Gasteiger partial charge is 0.359 e. The molecule has 1 heterocycles. The molecule has 0 aliphatic carbocycles. The molecule has 0 fully saturated rings. The van der Waals surface area contributed by atoms with Crippen LogP contribution in [0.1, 0.15) is 31.1 Å². The smallest absolute Gasteiger partial charge is 0.355 e. The van der Waals surface area contributed by atoms with Gasteiger partial charge in [-0.25, -0.2) is 14.2 Å². The van der Waals surface area contributed by atoms with E-state index in [0.717, 1.165) is 14.7 Å². The molecule has 1 aromatic heterocycles. The van der Waals surface area contributed by atoms with Crippen LogP contribution in [-0.2, 0) is 0 Å². The van der Waals surface area contributed by atoms with Crippen LogP contribution < -0.4 is 16.7 Å². The molecule has 0 aliphatic rings. The molecule has 0 bridgehead atoms. The van der Waals surface area contributed by atoms with E-state index in [0.29, 0.717) is 12.2 Å². The Balaban J connectivity index is 2.64. The molecular weight excluding hydrogens is 296 g/mol. The number of nitrogens with one attached hydrogen (secondary N) is 1. The molecule has 0 unspecified atom stereocenters. The number of carbonyl (C=O) groups is 1. The van der Waals surface area contributed by atoms with Crippen LogP contribution in [0.15, 0.2) is 33.9 Å². The minimum atomic E-state index is -0.729. The van der Waals surface area contributed by atoms with E-state index in [-0.39, 0.29) is 11.9 Å². The maximum Gasteiger partial charge on any atom is 0.359 e. The van der Waals surface area contributed by atoms with E-state index in [2.05, 4.69) is 10.3 Å². The summed E-state index contributed by atoms with van der Waals surface area (Å²) >= 11 is 0. The zero-order chi connectivity index (χ0) is 17.1. The van der Waals surface area contributed by atoms with Gasteiger partial charge in [-0.3, -0.25) is 4.79 Å². The van der Waals surface area contributed by atoms with Crippen LogP contribution in [0.3, 0.4) is 0 Å². The molecule has 0 radical (unpaired) electrons. The van der Waals surface area contributed by atoms with E-state index < -0.39 is 17.3 Å². The van der Waals surface area contributed by atoms with Crippen molar-refractivity contribution in [2.45, 2.75) is 27.7 Å². The summed E-state index contributed by atoms with van der Waals surface area (Å²) in [6.07, 6.45) is 0. The summed E-state index contributed by atoms with van der Waals surface area (Å²) in [6, 6.07) is 6.85. The van der Waals surface area contributed by atoms with Crippen LogP contribution in [0.5, 0.6) is 0 Å². The third kappa shape index (κ3) is 3.56. The van der Waals surface area contributed by atoms with Crippen LogP contribution >= 0.6 is 0 Å². The molecule has 1 aromatic carbocycles. The molecular formula is C16H20N4O3. The van der Waals surface area contributed by atoms with E-state index in [4.69, 9.17) is 0 Å². The average Bonchev–Trinajstić information content (AvgIpc) is 2.46. The van der Waals surface area contributed by atoms with Gasteiger partial charge in [-0.05, 0) is 25.0 Å². The summed E-state index contributed by atoms with van der Waals surface area (Å²) in [5, 5.41) is 2.88. The lowest BCUT2D eigenvalue weighted by molar-refractivity contribution is 0.0930. The van der Waals surface area contributed by atoms with E-state index in [9.17, 15) is 14.4 Å². The van der Waals surface area contributed by atoms with Crippen molar-refractivity contribution in [2.75, 3.05) is 11.9 Å². The van der Waals surface area contributed by atoms with Gasteiger partial charge in [0, 0.05) is 13.5 Å². The predicted octanol–water partition coefficient (Wildman–Crippen LogP) is 1.43. The minimum absolute atomic E-state index is 0.0236. The third-order valence-electron chi connectivity index (χ3n) is 3.26. The highest BCUT2D eigenvalue weighted by atomic mass is 16.2. The lowest BCUT2D eigenvalue weighted by atomic mass is 10.2. The maximum absolute atomic E-state index is 12.6. The van der Waals surface area contributed by atoms with Gasteiger partial charge in [0.25, 0.3) is 0 Å². The molecule has 7 heteroatoms. The molecule has 122 valence electrons. The third-order valence-corrected chi connectivity index (χ3v) is 3.26. The van der Waals surface area contributed by atoms with E-state index in [1.54, 1.807) is 24.3 Å². The first-order valence-corrected chi connectivity index (χ1v) is 7.39. The van der Waals surface area contributed by atoms with Crippen LogP contribution in [-0.4, -0.2) is 26.6 Å². The fraction of sp³-hybridized carbons (Fsp3) is 0.375. The quantitative estimate of drug-likeness (QED) is 0.922. The van der Waals surface area contributed by atoms with Gasteiger partial charge < -0.3 is 5.32 Å². The summed E-state index contributed by atoms with van der Waals surface area (Å²) in [5.41, 5.74) is -0.0735. The van der Waals surface area contributed by atoms with Gasteiger partial charge in [0.2, 0.25) is 11.9 Å². The van der Waals surface area contributed by atoms with Gasteiger partial charge in [-0.1, -0.05) is 31.5 Å². The average molecular weight is 316 g/mol. The number of aryl methyl sites for hydroxylation is 1. The number of benzene rings is 1. The topological polar surface area (TPSA) is 86.0 Å². The standard InChI is InChI=1S/C16H20N4O3/c1-10(2)9-17-14-18-15(22)20(16(23)19(14)12(4)21)13-7-5-11(3)6-8-13/h5-8,10H,9H2,1-4H3,(H,17,18,22). The summed E-state index contributed by atoms with van der Waals surface area (Å²) in [4.78, 5) is 40.6. The number of anilines is 1. The molecule has 23 heavy (non-hydrogen) atoms. The number of aromatic nitrogens is 3. The second-order valence-electron chi connectivity index (χ2n) is 5.80. The Morgan fingerprint density at radius 1 is 1.22 bits per heavy atom. The molecule has 1 N–H and O–H groups in total. The number of rotatable bonds is 4. The fourth-order valence-corrected chi connectivity index (χ4v) is 2.08. The first-order valence-electron chi connectivity index (χ1n) is 7.39. The van der Waals surface area contributed by atoms with Gasteiger partial charge in [-0.15, -0.1) is 0 Å². The Hall–Kier alpha value is -2.70. The number of nitrogens with zero attached hydrogens (tertiary/aromatic N) is 3. The van der Waals surface area contributed by atoms with Crippen molar-refractivity contribution >= 4 is 11.9 Å². The summed E-state index contributed by atoms with van der Waals surface area (Å²) in [5.74, 6) is -0.258. The van der Waals surface area contributed by atoms with E-state index >= 15 is 0 Å². The predicted molar refractivity (Wildman–Crippen MR) is 88.5 cm³/mol. The Labute approximate surface area is 133 Å². The van der Waals surface area contributed by atoms with Crippen molar-refractivity contribution in [2.24, 2.45) is 5.92 Å². The van der Waals surface area contributed by atoms with Gasteiger partial charge >= 0.3 is 11.4 Å². The van der Waals surface area contributed by atoms with Crippen LogP contribution in [0, 0.1) is 12.8 Å². The number of hydrogen-bond acceptors (Lipinski definition) is 5. The van der Waals surface area contributed by atoms with Gasteiger partial charge in [-0.2, -0.15) is 9.55 Å². The summed E-state index contributed by atoms with van der Waals surface area (Å²) in [7, 11) is 0. The second-order valence-corrected chi connectivity index (χ2v) is 5.80. The van der Waals surface area contributed by atoms with Crippen molar-refractivity contribution < 1.29 is 4.79 Å². The van der Waals surface area contributed by atoms with Crippen LogP contribution in [0.25, 0.3) is 5.69 Å². The number of carbonyl (C=O) groups excluding carboxylic acids is 1. The molecule has 0 saturated heterocycles. The summed E-state index contributed by atoms with van der Waals surface area (Å²) in [6.45, 7) is 7.59. The molecule has 2 aromatic rings. The first kappa shape index (κ1) is 16.7. The van der Waals surface area contributed by atoms with Gasteiger partial charge in [0.05, 0.1) is 5.69 Å². The van der Waals surface area contributed by atoms with Crippen molar-refractivity contribution in [1.29, 1.82) is 0 Å². The Bertz CT molecular complexity index is 832. The molecule has 7 nitrogen and oxygen atoms in total. The van der Waals surface area contributed by atoms with Crippen LogP contribution in [0.2, 0.25) is 0 Å². The highest BCUT2D eigenvalue weighted by molar-refractivity contribution is 5.78. The molecule has 0 amide bonds. The second kappa shape index (κ2) is 6.60. The molecule has 0 saturated carbocycles. The highest BCUT2D eigenvalue weighted by Gasteiger charge is 2.17. The fourth-order valence-electron chi connectivity index (χ4n) is 2.08. The number of hydrogen-bond donors (Lipinski definition) is 1. The molecule has 0 spiro atoms. The van der Waals surface area contributed by atoms with Crippen molar-refractivity contribution in [3.8, 4) is 5.69 Å². The molecule has 2 rings (SSSR count). The lowest BCUT2D eigenvalue weighted by Crippen LogP contribution is -2.43.